The molecular formula is C9H7N5S. The number of nitriles is 1. The second-order valence-corrected chi connectivity index (χ2v) is 3.53. The van der Waals surface area contributed by atoms with Crippen molar-refractivity contribution < 1.29 is 0 Å². The van der Waals surface area contributed by atoms with Gasteiger partial charge < -0.3 is 5.32 Å². The molecule has 0 aliphatic carbocycles. The van der Waals surface area contributed by atoms with Crippen LogP contribution in [-0.4, -0.2) is 14.3 Å². The number of rotatable bonds is 2. The third-order valence-electron chi connectivity index (χ3n) is 1.68. The molecule has 74 valence electrons. The number of anilines is 2. The third-order valence-corrected chi connectivity index (χ3v) is 2.40. The van der Waals surface area contributed by atoms with Crippen LogP contribution in [0, 0.1) is 18.3 Å². The second kappa shape index (κ2) is 4.02. The monoisotopic (exact) mass is 217 g/mol. The van der Waals surface area contributed by atoms with Crippen LogP contribution in [0.5, 0.6) is 0 Å². The van der Waals surface area contributed by atoms with Crippen molar-refractivity contribution in [2.24, 2.45) is 0 Å². The van der Waals surface area contributed by atoms with Crippen LogP contribution in [0.3, 0.4) is 0 Å². The summed E-state index contributed by atoms with van der Waals surface area (Å²) in [7, 11) is 0. The van der Waals surface area contributed by atoms with E-state index in [0.717, 1.165) is 0 Å². The predicted molar refractivity (Wildman–Crippen MR) is 56.9 cm³/mol. The zero-order valence-electron chi connectivity index (χ0n) is 7.93. The Kier molecular flexibility index (Phi) is 2.56. The zero-order chi connectivity index (χ0) is 10.7. The number of aryl methyl sites for hydroxylation is 1. The molecule has 0 bridgehead atoms. The summed E-state index contributed by atoms with van der Waals surface area (Å²) in [5.41, 5.74) is 1.00. The van der Waals surface area contributed by atoms with Crippen LogP contribution >= 0.6 is 11.5 Å². The summed E-state index contributed by atoms with van der Waals surface area (Å²) in [5, 5.41) is 12.5. The van der Waals surface area contributed by atoms with Gasteiger partial charge in [-0.05, 0) is 19.1 Å². The average molecular weight is 217 g/mol. The normalized spacial score (nSPS) is 9.60. The summed E-state index contributed by atoms with van der Waals surface area (Å²) >= 11 is 1.25. The molecule has 2 heterocycles. The molecule has 0 aromatic carbocycles. The molecule has 0 saturated carbocycles. The first-order chi connectivity index (χ1) is 7.29. The summed E-state index contributed by atoms with van der Waals surface area (Å²) < 4.78 is 4.03. The summed E-state index contributed by atoms with van der Waals surface area (Å²) in [4.78, 5) is 8.07. The highest BCUT2D eigenvalue weighted by Gasteiger charge is 2.05. The van der Waals surface area contributed by atoms with Gasteiger partial charge in [-0.15, -0.1) is 0 Å². The van der Waals surface area contributed by atoms with E-state index in [1.54, 1.807) is 18.3 Å². The van der Waals surface area contributed by atoms with Crippen molar-refractivity contribution in [3.8, 4) is 6.07 Å². The lowest BCUT2D eigenvalue weighted by atomic mass is 10.3. The van der Waals surface area contributed by atoms with Crippen LogP contribution < -0.4 is 5.32 Å². The van der Waals surface area contributed by atoms with Crippen molar-refractivity contribution in [2.45, 2.75) is 6.92 Å². The maximum atomic E-state index is 8.82. The Bertz CT molecular complexity index is 513. The molecule has 0 aliphatic heterocycles. The number of hydrogen-bond acceptors (Lipinski definition) is 6. The molecule has 15 heavy (non-hydrogen) atoms. The minimum absolute atomic E-state index is 0.352. The van der Waals surface area contributed by atoms with Gasteiger partial charge in [0.15, 0.2) is 5.69 Å². The van der Waals surface area contributed by atoms with Crippen LogP contribution in [0.1, 0.15) is 11.5 Å². The number of pyridine rings is 1. The van der Waals surface area contributed by atoms with E-state index in [1.807, 2.05) is 13.0 Å². The molecule has 0 aliphatic rings. The fourth-order valence-corrected chi connectivity index (χ4v) is 1.65. The fraction of sp³-hybridized carbons (Fsp3) is 0.111. The molecule has 2 rings (SSSR count). The molecule has 2 aromatic heterocycles. The Morgan fingerprint density at radius 1 is 1.53 bits per heavy atom. The minimum atomic E-state index is 0.352. The Morgan fingerprint density at radius 3 is 3.07 bits per heavy atom. The highest BCUT2D eigenvalue weighted by Crippen LogP contribution is 2.19. The number of hydrogen-bond donors (Lipinski definition) is 1. The van der Waals surface area contributed by atoms with Gasteiger partial charge in [0.05, 0.1) is 5.69 Å². The Balaban J connectivity index is 2.28. The first kappa shape index (κ1) is 9.55. The maximum absolute atomic E-state index is 8.82. The van der Waals surface area contributed by atoms with Gasteiger partial charge in [0.1, 0.15) is 11.9 Å². The predicted octanol–water partition coefficient (Wildman–Crippen LogP) is 1.86. The molecule has 0 saturated heterocycles. The number of nitrogens with one attached hydrogen (secondary N) is 1. The fourth-order valence-electron chi connectivity index (χ4n) is 1.06. The Morgan fingerprint density at radius 2 is 2.40 bits per heavy atom. The lowest BCUT2D eigenvalue weighted by molar-refractivity contribution is 1.16. The standard InChI is InChI=1S/C9H7N5S/c1-6-12-9(15-14-6)13-7-3-2-4-11-8(7)5-10/h2-4H,1H3,(H,12,13,14). The molecule has 5 nitrogen and oxygen atoms in total. The minimum Gasteiger partial charge on any atom is -0.328 e. The molecule has 0 spiro atoms. The van der Waals surface area contributed by atoms with Gasteiger partial charge in [-0.1, -0.05) is 0 Å². The summed E-state index contributed by atoms with van der Waals surface area (Å²) in [5.74, 6) is 0.713. The van der Waals surface area contributed by atoms with E-state index < -0.39 is 0 Å². The number of nitrogens with zero attached hydrogens (tertiary/aromatic N) is 4. The smallest absolute Gasteiger partial charge is 0.207 e. The number of aromatic nitrogens is 3. The Hall–Kier alpha value is -2.00. The van der Waals surface area contributed by atoms with Crippen molar-refractivity contribution in [1.29, 1.82) is 5.26 Å². The molecule has 0 radical (unpaired) electrons. The summed E-state index contributed by atoms with van der Waals surface area (Å²) in [6, 6.07) is 5.55. The SMILES string of the molecule is Cc1nsc(Nc2cccnc2C#N)n1. The van der Waals surface area contributed by atoms with E-state index >= 15 is 0 Å². The van der Waals surface area contributed by atoms with Gasteiger partial charge in [-0.25, -0.2) is 9.97 Å². The van der Waals surface area contributed by atoms with E-state index in [-0.39, 0.29) is 0 Å². The lowest BCUT2D eigenvalue weighted by Crippen LogP contribution is -1.94. The van der Waals surface area contributed by atoms with E-state index in [9.17, 15) is 0 Å². The second-order valence-electron chi connectivity index (χ2n) is 2.78. The van der Waals surface area contributed by atoms with Crippen LogP contribution in [0.4, 0.5) is 10.8 Å². The molecule has 2 aromatic rings. The Labute approximate surface area is 90.6 Å². The maximum Gasteiger partial charge on any atom is 0.207 e. The van der Waals surface area contributed by atoms with Gasteiger partial charge in [0, 0.05) is 17.7 Å². The summed E-state index contributed by atoms with van der Waals surface area (Å²) in [6.07, 6.45) is 1.58. The quantitative estimate of drug-likeness (QED) is 0.831. The van der Waals surface area contributed by atoms with Gasteiger partial charge in [-0.3, -0.25) is 0 Å². The molecule has 0 unspecified atom stereocenters. The molecule has 6 heteroatoms. The van der Waals surface area contributed by atoms with Gasteiger partial charge in [-0.2, -0.15) is 9.64 Å². The summed E-state index contributed by atoms with van der Waals surface area (Å²) in [6.45, 7) is 1.82. The molecule has 0 atom stereocenters. The molecular weight excluding hydrogens is 210 g/mol. The topological polar surface area (TPSA) is 74.5 Å². The first-order valence-corrected chi connectivity index (χ1v) is 4.99. The van der Waals surface area contributed by atoms with Crippen molar-refractivity contribution >= 4 is 22.4 Å². The molecule has 0 amide bonds. The van der Waals surface area contributed by atoms with E-state index in [2.05, 4.69) is 19.7 Å². The van der Waals surface area contributed by atoms with Gasteiger partial charge >= 0.3 is 0 Å². The third kappa shape index (κ3) is 2.08. The van der Waals surface area contributed by atoms with Crippen molar-refractivity contribution in [3.05, 3.63) is 29.8 Å². The van der Waals surface area contributed by atoms with E-state index in [4.69, 9.17) is 5.26 Å². The van der Waals surface area contributed by atoms with Crippen LogP contribution in [0.25, 0.3) is 0 Å². The van der Waals surface area contributed by atoms with Gasteiger partial charge in [0.25, 0.3) is 0 Å². The molecule has 1 N–H and O–H groups in total. The van der Waals surface area contributed by atoms with Crippen LogP contribution in [0.15, 0.2) is 18.3 Å². The van der Waals surface area contributed by atoms with Crippen LogP contribution in [0.2, 0.25) is 0 Å². The largest absolute Gasteiger partial charge is 0.328 e. The van der Waals surface area contributed by atoms with Crippen molar-refractivity contribution in [1.82, 2.24) is 14.3 Å². The highest BCUT2D eigenvalue weighted by molar-refractivity contribution is 7.09. The van der Waals surface area contributed by atoms with E-state index in [1.165, 1.54) is 11.5 Å². The van der Waals surface area contributed by atoms with Crippen LogP contribution in [-0.2, 0) is 0 Å². The average Bonchev–Trinajstić information content (AvgIpc) is 2.65. The highest BCUT2D eigenvalue weighted by atomic mass is 32.1. The van der Waals surface area contributed by atoms with Crippen molar-refractivity contribution in [3.63, 3.8) is 0 Å². The molecule has 0 fully saturated rings. The zero-order valence-corrected chi connectivity index (χ0v) is 8.75. The lowest BCUT2D eigenvalue weighted by Gasteiger charge is -2.01. The first-order valence-electron chi connectivity index (χ1n) is 4.22. The van der Waals surface area contributed by atoms with Gasteiger partial charge in [0.2, 0.25) is 5.13 Å². The van der Waals surface area contributed by atoms with Crippen molar-refractivity contribution in [2.75, 3.05) is 5.32 Å². The van der Waals surface area contributed by atoms with E-state index in [0.29, 0.717) is 22.3 Å².